The van der Waals surface area contributed by atoms with Gasteiger partial charge in [-0.1, -0.05) is 22.6 Å². The molecule has 0 aromatic rings. The minimum atomic E-state index is 0.572. The van der Waals surface area contributed by atoms with E-state index in [-0.39, 0.29) is 0 Å². The van der Waals surface area contributed by atoms with E-state index in [2.05, 4.69) is 29.0 Å². The van der Waals surface area contributed by atoms with Gasteiger partial charge >= 0.3 is 0 Å². The molecule has 0 rings (SSSR count). The zero-order chi connectivity index (χ0) is 15.4. The summed E-state index contributed by atoms with van der Waals surface area (Å²) in [6.45, 7) is 6.61. The van der Waals surface area contributed by atoms with Crippen molar-refractivity contribution in [2.24, 2.45) is 0 Å². The molecule has 0 aliphatic carbocycles. The summed E-state index contributed by atoms with van der Waals surface area (Å²) < 4.78 is 32.5. The van der Waals surface area contributed by atoms with Crippen LogP contribution >= 0.6 is 22.6 Å². The van der Waals surface area contributed by atoms with E-state index in [4.69, 9.17) is 28.4 Å². The van der Waals surface area contributed by atoms with Crippen molar-refractivity contribution in [3.05, 3.63) is 6.42 Å². The molecule has 0 saturated carbocycles. The summed E-state index contributed by atoms with van der Waals surface area (Å²) in [7, 11) is 1.65. The molecule has 1 radical (unpaired) electrons. The largest absolute Gasteiger partial charge is 0.382 e. The quantitative estimate of drug-likeness (QED) is 0.190. The Bertz CT molecular complexity index is 167. The lowest BCUT2D eigenvalue weighted by molar-refractivity contribution is -0.0137. The van der Waals surface area contributed by atoms with E-state index >= 15 is 0 Å². The smallest absolute Gasteiger partial charge is 0.0701 e. The van der Waals surface area contributed by atoms with Crippen LogP contribution in [0.4, 0.5) is 0 Å². The molecule has 0 aromatic carbocycles. The first-order valence-corrected chi connectivity index (χ1v) is 8.69. The first kappa shape index (κ1) is 21.5. The molecule has 0 N–H and O–H groups in total. The fraction of sp³-hybridized carbons (Fsp3) is 0.929. The molecule has 0 saturated heterocycles. The Morgan fingerprint density at radius 1 is 0.619 bits per heavy atom. The van der Waals surface area contributed by atoms with Crippen LogP contribution in [0.2, 0.25) is 0 Å². The average molecular weight is 419 g/mol. The fourth-order valence-corrected chi connectivity index (χ4v) is 1.49. The molecule has 0 bridgehead atoms. The zero-order valence-electron chi connectivity index (χ0n) is 12.9. The van der Waals surface area contributed by atoms with Crippen LogP contribution < -0.4 is 0 Å². The van der Waals surface area contributed by atoms with E-state index in [0.717, 1.165) is 4.43 Å². The lowest BCUT2D eigenvalue weighted by Gasteiger charge is -2.07. The van der Waals surface area contributed by atoms with E-state index in [1.54, 1.807) is 7.11 Å². The van der Waals surface area contributed by atoms with Crippen LogP contribution in [-0.2, 0) is 28.4 Å². The Morgan fingerprint density at radius 3 is 1.38 bits per heavy atom. The van der Waals surface area contributed by atoms with E-state index in [1.807, 2.05) is 0 Å². The van der Waals surface area contributed by atoms with Crippen molar-refractivity contribution < 1.29 is 28.4 Å². The summed E-state index contributed by atoms with van der Waals surface area (Å²) in [5, 5.41) is 0. The third-order valence-electron chi connectivity index (χ3n) is 2.26. The van der Waals surface area contributed by atoms with E-state index in [9.17, 15) is 0 Å². The summed E-state index contributed by atoms with van der Waals surface area (Å²) in [4.78, 5) is 0. The van der Waals surface area contributed by atoms with Crippen molar-refractivity contribution in [2.75, 3.05) is 84.2 Å². The standard InChI is InChI=1S/C14H28IO6/c1-16-5-6-18-9-10-20-13-14-21-12-11-19-8-7-17-4-2-3-15/h2H,3-14H2,1H3. The molecule has 0 unspecified atom stereocenters. The monoisotopic (exact) mass is 419 g/mol. The van der Waals surface area contributed by atoms with Gasteiger partial charge in [0.1, 0.15) is 0 Å². The van der Waals surface area contributed by atoms with Gasteiger partial charge in [0.25, 0.3) is 0 Å². The first-order valence-electron chi connectivity index (χ1n) is 7.17. The average Bonchev–Trinajstić information content (AvgIpc) is 2.50. The van der Waals surface area contributed by atoms with Gasteiger partial charge in [0.2, 0.25) is 0 Å². The lowest BCUT2D eigenvalue weighted by atomic mass is 10.5. The maximum absolute atomic E-state index is 5.37. The summed E-state index contributed by atoms with van der Waals surface area (Å²) in [5.41, 5.74) is 0. The molecule has 0 fully saturated rings. The topological polar surface area (TPSA) is 55.4 Å². The second-order valence-electron chi connectivity index (χ2n) is 3.96. The van der Waals surface area contributed by atoms with Crippen LogP contribution in [0.15, 0.2) is 0 Å². The molecule has 0 aromatic heterocycles. The zero-order valence-corrected chi connectivity index (χ0v) is 15.0. The van der Waals surface area contributed by atoms with Crippen LogP contribution in [-0.4, -0.2) is 84.2 Å². The van der Waals surface area contributed by atoms with Crippen molar-refractivity contribution in [1.82, 2.24) is 0 Å². The minimum absolute atomic E-state index is 0.572. The Morgan fingerprint density at radius 2 is 1.00 bits per heavy atom. The van der Waals surface area contributed by atoms with Crippen molar-refractivity contribution in [2.45, 2.75) is 0 Å². The molecule has 0 aliphatic rings. The first-order chi connectivity index (χ1) is 10.4. The van der Waals surface area contributed by atoms with Gasteiger partial charge in [-0.25, -0.2) is 0 Å². The van der Waals surface area contributed by atoms with Gasteiger partial charge in [-0.2, -0.15) is 0 Å². The number of hydrogen-bond donors (Lipinski definition) is 0. The Balaban J connectivity index is 2.90. The van der Waals surface area contributed by atoms with Gasteiger partial charge in [-0.15, -0.1) is 0 Å². The summed E-state index contributed by atoms with van der Waals surface area (Å²) in [6.07, 6.45) is 2.08. The van der Waals surface area contributed by atoms with Gasteiger partial charge in [0.15, 0.2) is 0 Å². The third-order valence-corrected chi connectivity index (χ3v) is 2.89. The highest BCUT2D eigenvalue weighted by Gasteiger charge is 1.93. The maximum Gasteiger partial charge on any atom is 0.0701 e. The van der Waals surface area contributed by atoms with Crippen LogP contribution in [0.1, 0.15) is 0 Å². The van der Waals surface area contributed by atoms with Crippen LogP contribution in [0.5, 0.6) is 0 Å². The van der Waals surface area contributed by atoms with Crippen molar-refractivity contribution in [3.8, 4) is 0 Å². The van der Waals surface area contributed by atoms with Gasteiger partial charge < -0.3 is 28.4 Å². The highest BCUT2D eigenvalue weighted by atomic mass is 127. The second-order valence-corrected chi connectivity index (χ2v) is 4.84. The molecule has 127 valence electrons. The molecule has 0 spiro atoms. The molecule has 0 amide bonds. The molecule has 21 heavy (non-hydrogen) atoms. The molecular weight excluding hydrogens is 391 g/mol. The van der Waals surface area contributed by atoms with Gasteiger partial charge in [-0.05, 0) is 6.42 Å². The number of hydrogen-bond acceptors (Lipinski definition) is 6. The third kappa shape index (κ3) is 20.5. The summed E-state index contributed by atoms with van der Waals surface area (Å²) in [6, 6.07) is 0. The Hall–Kier alpha value is 0.490. The van der Waals surface area contributed by atoms with Gasteiger partial charge in [-0.3, -0.25) is 0 Å². The Labute approximate surface area is 141 Å². The minimum Gasteiger partial charge on any atom is -0.382 e. The van der Waals surface area contributed by atoms with E-state index in [1.165, 1.54) is 0 Å². The van der Waals surface area contributed by atoms with Crippen LogP contribution in [0.25, 0.3) is 0 Å². The number of methoxy groups -OCH3 is 1. The van der Waals surface area contributed by atoms with Crippen molar-refractivity contribution >= 4 is 22.6 Å². The lowest BCUT2D eigenvalue weighted by Crippen LogP contribution is -2.14. The number of rotatable bonds is 18. The maximum atomic E-state index is 5.37. The molecule has 0 atom stereocenters. The van der Waals surface area contributed by atoms with Gasteiger partial charge in [0, 0.05) is 11.5 Å². The molecule has 7 heteroatoms. The summed E-state index contributed by atoms with van der Waals surface area (Å²) in [5.74, 6) is 0. The highest BCUT2D eigenvalue weighted by molar-refractivity contribution is 14.1. The summed E-state index contributed by atoms with van der Waals surface area (Å²) >= 11 is 2.28. The fourth-order valence-electron chi connectivity index (χ4n) is 1.23. The van der Waals surface area contributed by atoms with E-state index < -0.39 is 0 Å². The second kappa shape index (κ2) is 20.5. The predicted octanol–water partition coefficient (Wildman–Crippen LogP) is 1.36. The van der Waals surface area contributed by atoms with Crippen molar-refractivity contribution in [3.63, 3.8) is 0 Å². The molecule has 0 heterocycles. The normalized spacial score (nSPS) is 11.1. The predicted molar refractivity (Wildman–Crippen MR) is 89.2 cm³/mol. The number of ether oxygens (including phenoxy) is 6. The molecular formula is C14H28IO6. The number of halogens is 1. The van der Waals surface area contributed by atoms with Crippen LogP contribution in [0, 0.1) is 6.42 Å². The highest BCUT2D eigenvalue weighted by Crippen LogP contribution is 1.88. The van der Waals surface area contributed by atoms with Crippen LogP contribution in [0.3, 0.4) is 0 Å². The van der Waals surface area contributed by atoms with E-state index in [0.29, 0.717) is 72.7 Å². The molecule has 6 nitrogen and oxygen atoms in total. The Kier molecular flexibility index (Phi) is 21.0. The van der Waals surface area contributed by atoms with Crippen molar-refractivity contribution in [1.29, 1.82) is 0 Å². The molecule has 0 aliphatic heterocycles. The SMILES string of the molecule is COCCOCCOCCOCCOCCOC[CH]CI. The van der Waals surface area contributed by atoms with Gasteiger partial charge in [0.05, 0.1) is 72.7 Å². The number of alkyl halides is 1.